The fraction of sp³-hybridized carbons (Fsp3) is 0.533. The zero-order valence-corrected chi connectivity index (χ0v) is 12.6. The van der Waals surface area contributed by atoms with Gasteiger partial charge in [0.25, 0.3) is 0 Å². The van der Waals surface area contributed by atoms with Crippen LogP contribution in [-0.4, -0.2) is 30.6 Å². The summed E-state index contributed by atoms with van der Waals surface area (Å²) in [7, 11) is 0. The fourth-order valence-corrected chi connectivity index (χ4v) is 1.91. The summed E-state index contributed by atoms with van der Waals surface area (Å²) in [5, 5.41) is 15.3. The first-order valence-electron chi connectivity index (χ1n) is 6.99. The van der Waals surface area contributed by atoms with Crippen molar-refractivity contribution in [3.05, 3.63) is 18.2 Å². The second-order valence-corrected chi connectivity index (χ2v) is 6.12. The molecule has 0 bridgehead atoms. The average Bonchev–Trinajstić information content (AvgIpc) is 2.84. The van der Waals surface area contributed by atoms with Crippen molar-refractivity contribution in [3.8, 4) is 11.5 Å². The predicted octanol–water partition coefficient (Wildman–Crippen LogP) is 2.33. The molecule has 0 aliphatic carbocycles. The van der Waals surface area contributed by atoms with Crippen LogP contribution in [0.15, 0.2) is 18.2 Å². The second-order valence-electron chi connectivity index (χ2n) is 6.12. The van der Waals surface area contributed by atoms with Crippen molar-refractivity contribution >= 4 is 11.7 Å². The van der Waals surface area contributed by atoms with Crippen LogP contribution >= 0.6 is 0 Å². The Kier molecular flexibility index (Phi) is 4.57. The molecule has 3 N–H and O–H groups in total. The molecule has 2 rings (SSSR count). The second kappa shape index (κ2) is 6.22. The Balaban J connectivity index is 1.77. The normalized spacial score (nSPS) is 14.7. The number of aliphatic hydroxyl groups is 1. The number of carbonyl (C=O) groups excluding carboxylic acids is 1. The molecule has 1 heterocycles. The van der Waals surface area contributed by atoms with Gasteiger partial charge in [0, 0.05) is 18.3 Å². The number of ether oxygens (including phenoxy) is 2. The van der Waals surface area contributed by atoms with E-state index in [0.29, 0.717) is 30.2 Å². The lowest BCUT2D eigenvalue weighted by Gasteiger charge is -2.25. The van der Waals surface area contributed by atoms with E-state index in [1.165, 1.54) is 0 Å². The molecule has 21 heavy (non-hydrogen) atoms. The highest BCUT2D eigenvalue weighted by molar-refractivity contribution is 5.89. The molecule has 0 saturated heterocycles. The number of benzene rings is 1. The van der Waals surface area contributed by atoms with Crippen LogP contribution in [0.4, 0.5) is 10.5 Å². The molecule has 1 unspecified atom stereocenters. The Morgan fingerprint density at radius 1 is 1.33 bits per heavy atom. The van der Waals surface area contributed by atoms with Crippen molar-refractivity contribution in [2.24, 2.45) is 5.41 Å². The number of hydrogen-bond donors (Lipinski definition) is 3. The zero-order valence-electron chi connectivity index (χ0n) is 12.6. The highest BCUT2D eigenvalue weighted by atomic mass is 16.7. The van der Waals surface area contributed by atoms with E-state index < -0.39 is 6.10 Å². The van der Waals surface area contributed by atoms with Crippen molar-refractivity contribution in [2.45, 2.75) is 33.3 Å². The van der Waals surface area contributed by atoms with Crippen LogP contribution in [-0.2, 0) is 0 Å². The standard InChI is InChI=1S/C15H22N2O4/c1-15(2,3)13(18)6-7-16-14(19)17-10-4-5-11-12(8-10)21-9-20-11/h4-5,8,13,18H,6-7,9H2,1-3H3,(H2,16,17,19). The first-order valence-corrected chi connectivity index (χ1v) is 6.99. The molecule has 2 amide bonds. The third kappa shape index (κ3) is 4.26. The highest BCUT2D eigenvalue weighted by Gasteiger charge is 2.21. The molecular formula is C15H22N2O4. The number of fused-ring (bicyclic) bond motifs is 1. The van der Waals surface area contributed by atoms with Crippen LogP contribution in [0.3, 0.4) is 0 Å². The third-order valence-corrected chi connectivity index (χ3v) is 3.33. The number of rotatable bonds is 4. The molecular weight excluding hydrogens is 272 g/mol. The van der Waals surface area contributed by atoms with Crippen LogP contribution in [0.25, 0.3) is 0 Å². The summed E-state index contributed by atoms with van der Waals surface area (Å²) in [5.74, 6) is 1.30. The number of carbonyl (C=O) groups is 1. The molecule has 6 nitrogen and oxygen atoms in total. The van der Waals surface area contributed by atoms with Crippen LogP contribution in [0.5, 0.6) is 11.5 Å². The van der Waals surface area contributed by atoms with Gasteiger partial charge in [-0.05, 0) is 24.0 Å². The molecule has 0 spiro atoms. The third-order valence-electron chi connectivity index (χ3n) is 3.33. The molecule has 1 aliphatic heterocycles. The highest BCUT2D eigenvalue weighted by Crippen LogP contribution is 2.34. The predicted molar refractivity (Wildman–Crippen MR) is 79.7 cm³/mol. The van der Waals surface area contributed by atoms with E-state index in [-0.39, 0.29) is 18.2 Å². The van der Waals surface area contributed by atoms with Gasteiger partial charge in [0.1, 0.15) is 0 Å². The van der Waals surface area contributed by atoms with Gasteiger partial charge in [-0.1, -0.05) is 20.8 Å². The maximum atomic E-state index is 11.8. The van der Waals surface area contributed by atoms with E-state index >= 15 is 0 Å². The lowest BCUT2D eigenvalue weighted by molar-refractivity contribution is 0.0565. The SMILES string of the molecule is CC(C)(C)C(O)CCNC(=O)Nc1ccc2c(c1)OCO2. The molecule has 1 aromatic rings. The fourth-order valence-electron chi connectivity index (χ4n) is 1.91. The summed E-state index contributed by atoms with van der Waals surface area (Å²) in [6.07, 6.45) is 0.0567. The first kappa shape index (κ1) is 15.4. The van der Waals surface area contributed by atoms with Gasteiger partial charge in [0.15, 0.2) is 11.5 Å². The van der Waals surface area contributed by atoms with Gasteiger partial charge in [0.2, 0.25) is 6.79 Å². The number of aliphatic hydroxyl groups excluding tert-OH is 1. The largest absolute Gasteiger partial charge is 0.454 e. The van der Waals surface area contributed by atoms with Gasteiger partial charge >= 0.3 is 6.03 Å². The number of urea groups is 1. The van der Waals surface area contributed by atoms with Gasteiger partial charge in [-0.15, -0.1) is 0 Å². The summed E-state index contributed by atoms with van der Waals surface area (Å²) < 4.78 is 10.4. The number of nitrogens with one attached hydrogen (secondary N) is 2. The van der Waals surface area contributed by atoms with E-state index in [0.717, 1.165) is 0 Å². The molecule has 0 saturated carbocycles. The zero-order chi connectivity index (χ0) is 15.5. The summed E-state index contributed by atoms with van der Waals surface area (Å²) in [4.78, 5) is 11.8. The Hall–Kier alpha value is -1.95. The molecule has 6 heteroatoms. The Labute approximate surface area is 124 Å². The maximum absolute atomic E-state index is 11.8. The van der Waals surface area contributed by atoms with Gasteiger partial charge in [-0.2, -0.15) is 0 Å². The van der Waals surface area contributed by atoms with Crippen LogP contribution in [0, 0.1) is 5.41 Å². The Morgan fingerprint density at radius 3 is 2.76 bits per heavy atom. The summed E-state index contributed by atoms with van der Waals surface area (Å²) in [5.41, 5.74) is 0.447. The molecule has 0 radical (unpaired) electrons. The monoisotopic (exact) mass is 294 g/mol. The van der Waals surface area contributed by atoms with E-state index in [2.05, 4.69) is 10.6 Å². The van der Waals surface area contributed by atoms with Crippen molar-refractivity contribution in [2.75, 3.05) is 18.7 Å². The smallest absolute Gasteiger partial charge is 0.319 e. The number of hydrogen-bond acceptors (Lipinski definition) is 4. The first-order chi connectivity index (χ1) is 9.86. The molecule has 1 aliphatic rings. The minimum atomic E-state index is -0.455. The van der Waals surface area contributed by atoms with Crippen molar-refractivity contribution in [1.29, 1.82) is 0 Å². The van der Waals surface area contributed by atoms with Crippen LogP contribution in [0.2, 0.25) is 0 Å². The van der Waals surface area contributed by atoms with Crippen molar-refractivity contribution < 1.29 is 19.4 Å². The summed E-state index contributed by atoms with van der Waals surface area (Å²) >= 11 is 0. The molecule has 116 valence electrons. The maximum Gasteiger partial charge on any atom is 0.319 e. The average molecular weight is 294 g/mol. The Morgan fingerprint density at radius 2 is 2.05 bits per heavy atom. The molecule has 1 atom stereocenters. The molecule has 1 aromatic carbocycles. The van der Waals surface area contributed by atoms with E-state index in [4.69, 9.17) is 9.47 Å². The minimum Gasteiger partial charge on any atom is -0.454 e. The van der Waals surface area contributed by atoms with Gasteiger partial charge in [0.05, 0.1) is 6.10 Å². The van der Waals surface area contributed by atoms with Crippen molar-refractivity contribution in [3.63, 3.8) is 0 Å². The van der Waals surface area contributed by atoms with E-state index in [1.54, 1.807) is 18.2 Å². The Bertz CT molecular complexity index is 511. The lowest BCUT2D eigenvalue weighted by Crippen LogP contribution is -2.34. The van der Waals surface area contributed by atoms with Crippen LogP contribution < -0.4 is 20.1 Å². The molecule has 0 aromatic heterocycles. The van der Waals surface area contributed by atoms with Gasteiger partial charge in [-0.25, -0.2) is 4.79 Å². The number of anilines is 1. The quantitative estimate of drug-likeness (QED) is 0.796. The molecule has 0 fully saturated rings. The summed E-state index contributed by atoms with van der Waals surface area (Å²) in [6.45, 7) is 6.50. The summed E-state index contributed by atoms with van der Waals surface area (Å²) in [6, 6.07) is 4.90. The number of amides is 2. The van der Waals surface area contributed by atoms with Gasteiger partial charge < -0.3 is 25.2 Å². The van der Waals surface area contributed by atoms with E-state index in [1.807, 2.05) is 20.8 Å². The van der Waals surface area contributed by atoms with E-state index in [9.17, 15) is 9.90 Å². The van der Waals surface area contributed by atoms with Crippen LogP contribution in [0.1, 0.15) is 27.2 Å². The van der Waals surface area contributed by atoms with Crippen molar-refractivity contribution in [1.82, 2.24) is 5.32 Å². The topological polar surface area (TPSA) is 79.8 Å². The lowest BCUT2D eigenvalue weighted by atomic mass is 9.87. The minimum absolute atomic E-state index is 0.185. The van der Waals surface area contributed by atoms with Gasteiger partial charge in [-0.3, -0.25) is 0 Å².